The highest BCUT2D eigenvalue weighted by Gasteiger charge is 2.27. The molecule has 0 amide bonds. The van der Waals surface area contributed by atoms with Crippen LogP contribution < -0.4 is 10.1 Å². The van der Waals surface area contributed by atoms with E-state index in [0.29, 0.717) is 12.0 Å². The molecule has 0 aliphatic heterocycles. The summed E-state index contributed by atoms with van der Waals surface area (Å²) in [5.74, 6) is 2.47. The summed E-state index contributed by atoms with van der Waals surface area (Å²) < 4.78 is 6.28. The lowest BCUT2D eigenvalue weighted by Crippen LogP contribution is -2.33. The summed E-state index contributed by atoms with van der Waals surface area (Å²) in [5.41, 5.74) is 3.98. The molecule has 3 atom stereocenters. The molecule has 1 unspecified atom stereocenters. The van der Waals surface area contributed by atoms with Crippen LogP contribution in [0.5, 0.6) is 5.75 Å². The number of hydrogen-bond donors (Lipinski definition) is 1. The molecule has 1 N–H and O–H groups in total. The molecule has 0 heterocycles. The number of benzene rings is 2. The first-order chi connectivity index (χ1) is 12.6. The third-order valence-corrected chi connectivity index (χ3v) is 5.64. The predicted octanol–water partition coefficient (Wildman–Crippen LogP) is 5.67. The van der Waals surface area contributed by atoms with Gasteiger partial charge in [-0.3, -0.25) is 0 Å². The summed E-state index contributed by atoms with van der Waals surface area (Å²) in [6.07, 6.45) is 5.36. The van der Waals surface area contributed by atoms with Crippen LogP contribution >= 0.6 is 0 Å². The summed E-state index contributed by atoms with van der Waals surface area (Å²) in [5, 5.41) is 3.66. The topological polar surface area (TPSA) is 21.3 Å². The second kappa shape index (κ2) is 9.23. The van der Waals surface area contributed by atoms with Crippen molar-refractivity contribution in [2.45, 2.75) is 59.1 Å². The van der Waals surface area contributed by atoms with Crippen LogP contribution in [-0.4, -0.2) is 12.6 Å². The molecular formula is C24H33NO. The molecule has 0 radical (unpaired) electrons. The first-order valence-corrected chi connectivity index (χ1v) is 10.1. The van der Waals surface area contributed by atoms with E-state index in [4.69, 9.17) is 4.74 Å². The van der Waals surface area contributed by atoms with Crippen molar-refractivity contribution in [3.05, 3.63) is 65.2 Å². The van der Waals surface area contributed by atoms with Crippen LogP contribution in [0.15, 0.2) is 48.5 Å². The van der Waals surface area contributed by atoms with Gasteiger partial charge in [-0.2, -0.15) is 0 Å². The molecule has 2 aromatic rings. The fraction of sp³-hybridized carbons (Fsp3) is 0.500. The Labute approximate surface area is 159 Å². The molecule has 1 saturated carbocycles. The molecule has 1 fully saturated rings. The first kappa shape index (κ1) is 19.0. The lowest BCUT2D eigenvalue weighted by atomic mass is 9.79. The zero-order chi connectivity index (χ0) is 18.4. The molecule has 2 aromatic carbocycles. The Morgan fingerprint density at radius 2 is 1.81 bits per heavy atom. The van der Waals surface area contributed by atoms with Crippen LogP contribution in [0.3, 0.4) is 0 Å². The smallest absolute Gasteiger partial charge is 0.119 e. The van der Waals surface area contributed by atoms with Gasteiger partial charge in [-0.1, -0.05) is 48.9 Å². The average Bonchev–Trinajstić information content (AvgIpc) is 2.62. The summed E-state index contributed by atoms with van der Waals surface area (Å²) in [6.45, 7) is 8.71. The molecule has 26 heavy (non-hydrogen) atoms. The Balaban J connectivity index is 1.46. The minimum absolute atomic E-state index is 0.370. The van der Waals surface area contributed by atoms with Crippen molar-refractivity contribution in [3.63, 3.8) is 0 Å². The Morgan fingerprint density at radius 3 is 2.58 bits per heavy atom. The van der Waals surface area contributed by atoms with E-state index in [1.807, 2.05) is 0 Å². The zero-order valence-corrected chi connectivity index (χ0v) is 16.5. The van der Waals surface area contributed by atoms with Crippen LogP contribution in [0.25, 0.3) is 0 Å². The van der Waals surface area contributed by atoms with E-state index in [9.17, 15) is 0 Å². The van der Waals surface area contributed by atoms with Crippen molar-refractivity contribution >= 4 is 0 Å². The van der Waals surface area contributed by atoms with Gasteiger partial charge in [-0.05, 0) is 81.2 Å². The quantitative estimate of drug-likeness (QED) is 0.694. The largest absolute Gasteiger partial charge is 0.490 e. The minimum atomic E-state index is 0.370. The molecule has 1 aliphatic rings. The maximum atomic E-state index is 6.28. The third kappa shape index (κ3) is 5.60. The van der Waals surface area contributed by atoms with Crippen molar-refractivity contribution in [2.75, 3.05) is 6.54 Å². The molecular weight excluding hydrogens is 318 g/mol. The first-order valence-electron chi connectivity index (χ1n) is 10.1. The zero-order valence-electron chi connectivity index (χ0n) is 16.5. The molecule has 2 nitrogen and oxygen atoms in total. The van der Waals surface area contributed by atoms with Gasteiger partial charge in [0.15, 0.2) is 0 Å². The summed E-state index contributed by atoms with van der Waals surface area (Å²) >= 11 is 0. The van der Waals surface area contributed by atoms with E-state index in [-0.39, 0.29) is 0 Å². The fourth-order valence-electron chi connectivity index (χ4n) is 4.12. The van der Waals surface area contributed by atoms with E-state index in [1.54, 1.807) is 0 Å². The van der Waals surface area contributed by atoms with E-state index in [2.05, 4.69) is 74.6 Å². The third-order valence-electron chi connectivity index (χ3n) is 5.64. The van der Waals surface area contributed by atoms with Gasteiger partial charge in [0, 0.05) is 6.54 Å². The molecule has 3 rings (SSSR count). The highest BCUT2D eigenvalue weighted by molar-refractivity contribution is 5.27. The number of aryl methyl sites for hydroxylation is 2. The Kier molecular flexibility index (Phi) is 6.73. The molecule has 0 aromatic heterocycles. The van der Waals surface area contributed by atoms with Gasteiger partial charge in [0.05, 0.1) is 6.10 Å². The molecule has 0 saturated heterocycles. The highest BCUT2D eigenvalue weighted by atomic mass is 16.5. The summed E-state index contributed by atoms with van der Waals surface area (Å²) in [6, 6.07) is 17.2. The Hall–Kier alpha value is -1.80. The van der Waals surface area contributed by atoms with E-state index >= 15 is 0 Å². The fourth-order valence-corrected chi connectivity index (χ4v) is 4.12. The second-order valence-electron chi connectivity index (χ2n) is 8.08. The van der Waals surface area contributed by atoms with Crippen molar-refractivity contribution < 1.29 is 4.74 Å². The maximum absolute atomic E-state index is 6.28. The van der Waals surface area contributed by atoms with Crippen LogP contribution in [-0.2, 0) is 6.54 Å². The number of nitrogens with one attached hydrogen (secondary N) is 1. The Morgan fingerprint density at radius 1 is 1.04 bits per heavy atom. The van der Waals surface area contributed by atoms with Gasteiger partial charge in [-0.15, -0.1) is 0 Å². The molecule has 1 aliphatic carbocycles. The number of hydrogen-bond acceptors (Lipinski definition) is 2. The minimum Gasteiger partial charge on any atom is -0.490 e. The van der Waals surface area contributed by atoms with Crippen molar-refractivity contribution in [1.29, 1.82) is 0 Å². The van der Waals surface area contributed by atoms with Gasteiger partial charge >= 0.3 is 0 Å². The van der Waals surface area contributed by atoms with Crippen molar-refractivity contribution in [1.82, 2.24) is 5.32 Å². The van der Waals surface area contributed by atoms with Crippen molar-refractivity contribution in [2.24, 2.45) is 11.8 Å². The number of rotatable bonds is 7. The monoisotopic (exact) mass is 351 g/mol. The summed E-state index contributed by atoms with van der Waals surface area (Å²) in [7, 11) is 0. The van der Waals surface area contributed by atoms with Crippen LogP contribution in [0, 0.1) is 25.7 Å². The van der Waals surface area contributed by atoms with E-state index in [0.717, 1.165) is 24.8 Å². The lowest BCUT2D eigenvalue weighted by molar-refractivity contribution is 0.102. The molecule has 0 bridgehead atoms. The normalized spacial score (nSPS) is 21.3. The van der Waals surface area contributed by atoms with E-state index in [1.165, 1.54) is 42.4 Å². The highest BCUT2D eigenvalue weighted by Crippen LogP contribution is 2.32. The van der Waals surface area contributed by atoms with Crippen LogP contribution in [0.4, 0.5) is 0 Å². The van der Waals surface area contributed by atoms with Gasteiger partial charge < -0.3 is 10.1 Å². The predicted molar refractivity (Wildman–Crippen MR) is 110 cm³/mol. The average molecular weight is 352 g/mol. The van der Waals surface area contributed by atoms with Gasteiger partial charge in [0.25, 0.3) is 0 Å². The standard InChI is InChI=1S/C24H33NO/c1-18-7-4-9-21(13-18)17-25-16-20(3)22-10-6-12-24(15-22)26-23-11-5-8-19(2)14-23/h4-5,7-9,11,13-14,20,22,24-25H,6,10,12,15-17H2,1-3H3/t20?,22-,24+/m0/s1. The van der Waals surface area contributed by atoms with Gasteiger partial charge in [-0.25, -0.2) is 0 Å². The SMILES string of the molecule is Cc1cccc(CNCC(C)[C@H]2CCC[C@@H](Oc3cccc(C)c3)C2)c1. The van der Waals surface area contributed by atoms with Crippen LogP contribution in [0.2, 0.25) is 0 Å². The maximum Gasteiger partial charge on any atom is 0.119 e. The number of ether oxygens (including phenoxy) is 1. The second-order valence-corrected chi connectivity index (χ2v) is 8.08. The van der Waals surface area contributed by atoms with Gasteiger partial charge in [0.1, 0.15) is 5.75 Å². The summed E-state index contributed by atoms with van der Waals surface area (Å²) in [4.78, 5) is 0. The Bertz CT molecular complexity index is 696. The molecule has 2 heteroatoms. The molecule has 0 spiro atoms. The van der Waals surface area contributed by atoms with Crippen molar-refractivity contribution in [3.8, 4) is 5.75 Å². The lowest BCUT2D eigenvalue weighted by Gasteiger charge is -2.33. The molecule has 140 valence electrons. The van der Waals surface area contributed by atoms with Crippen LogP contribution in [0.1, 0.15) is 49.3 Å². The van der Waals surface area contributed by atoms with Gasteiger partial charge in [0.2, 0.25) is 0 Å². The van der Waals surface area contributed by atoms with E-state index < -0.39 is 0 Å².